The SMILES string of the molecule is COC(=O)/C(=C/c1ccc([N+](=O)[O-])cc1)C[P+](c1ccccc1)(c1ccccc1)c1ccccc1. The van der Waals surface area contributed by atoms with Crippen LogP contribution in [0.4, 0.5) is 5.69 Å². The molecule has 35 heavy (non-hydrogen) atoms. The Morgan fingerprint density at radius 3 is 1.57 bits per heavy atom. The van der Waals surface area contributed by atoms with Crippen LogP contribution >= 0.6 is 7.26 Å². The van der Waals surface area contributed by atoms with Crippen LogP contribution < -0.4 is 15.9 Å². The molecule has 4 aromatic rings. The first-order valence-electron chi connectivity index (χ1n) is 11.1. The molecule has 0 heterocycles. The monoisotopic (exact) mass is 482 g/mol. The summed E-state index contributed by atoms with van der Waals surface area (Å²) >= 11 is 0. The highest BCUT2D eigenvalue weighted by atomic mass is 31.2. The Morgan fingerprint density at radius 2 is 1.20 bits per heavy atom. The van der Waals surface area contributed by atoms with Gasteiger partial charge >= 0.3 is 5.97 Å². The molecule has 4 rings (SSSR count). The summed E-state index contributed by atoms with van der Waals surface area (Å²) < 4.78 is 5.20. The molecule has 0 amide bonds. The standard InChI is InChI=1S/C29H25NO4P/c1-34-29(31)24(21-23-17-19-25(20-18-23)30(32)33)22-35(26-11-5-2-6-12-26,27-13-7-3-8-14-27)28-15-9-4-10-16-28/h2-21H,22H2,1H3/q+1/b24-21+. The maximum atomic E-state index is 13.1. The fraction of sp³-hybridized carbons (Fsp3) is 0.0690. The van der Waals surface area contributed by atoms with Gasteiger partial charge in [-0.05, 0) is 60.2 Å². The van der Waals surface area contributed by atoms with Crippen molar-refractivity contribution in [2.45, 2.75) is 0 Å². The van der Waals surface area contributed by atoms with Crippen LogP contribution in [0.5, 0.6) is 0 Å². The van der Waals surface area contributed by atoms with Crippen LogP contribution in [-0.4, -0.2) is 24.2 Å². The summed E-state index contributed by atoms with van der Waals surface area (Å²) in [5, 5.41) is 14.5. The lowest BCUT2D eigenvalue weighted by Gasteiger charge is -2.28. The molecule has 0 saturated carbocycles. The van der Waals surface area contributed by atoms with E-state index >= 15 is 0 Å². The third kappa shape index (κ3) is 5.21. The first kappa shape index (κ1) is 24.1. The lowest BCUT2D eigenvalue weighted by atomic mass is 10.1. The summed E-state index contributed by atoms with van der Waals surface area (Å²) in [5.74, 6) is -0.421. The highest BCUT2D eigenvalue weighted by Crippen LogP contribution is 2.56. The molecule has 0 spiro atoms. The Labute approximate surface area is 205 Å². The second-order valence-corrected chi connectivity index (χ2v) is 11.5. The van der Waals surface area contributed by atoms with Crippen LogP contribution in [0.2, 0.25) is 0 Å². The topological polar surface area (TPSA) is 69.4 Å². The molecule has 4 aromatic carbocycles. The van der Waals surface area contributed by atoms with Gasteiger partial charge in [-0.15, -0.1) is 0 Å². The minimum atomic E-state index is -2.32. The van der Waals surface area contributed by atoms with Gasteiger partial charge in [0.25, 0.3) is 5.69 Å². The van der Waals surface area contributed by atoms with E-state index in [-0.39, 0.29) is 5.69 Å². The van der Waals surface area contributed by atoms with Crippen molar-refractivity contribution in [1.82, 2.24) is 0 Å². The normalized spacial score (nSPS) is 11.6. The number of rotatable bonds is 8. The first-order valence-corrected chi connectivity index (χ1v) is 13.1. The van der Waals surface area contributed by atoms with E-state index in [4.69, 9.17) is 4.74 Å². The summed E-state index contributed by atoms with van der Waals surface area (Å²) in [4.78, 5) is 23.7. The Morgan fingerprint density at radius 1 is 0.771 bits per heavy atom. The molecule has 0 aliphatic heterocycles. The van der Waals surface area contributed by atoms with Crippen LogP contribution in [0.1, 0.15) is 5.56 Å². The minimum absolute atomic E-state index is 0.00136. The van der Waals surface area contributed by atoms with Crippen LogP contribution in [0.25, 0.3) is 6.08 Å². The number of hydrogen-bond donors (Lipinski definition) is 0. The second-order valence-electron chi connectivity index (χ2n) is 7.98. The third-order valence-electron chi connectivity index (χ3n) is 5.89. The first-order chi connectivity index (χ1) is 17.0. The van der Waals surface area contributed by atoms with Gasteiger partial charge in [0.15, 0.2) is 0 Å². The van der Waals surface area contributed by atoms with Crippen molar-refractivity contribution in [2.24, 2.45) is 0 Å². The number of nitro benzene ring substituents is 1. The fourth-order valence-electron chi connectivity index (χ4n) is 4.22. The number of non-ortho nitro benzene ring substituents is 1. The minimum Gasteiger partial charge on any atom is -0.466 e. The van der Waals surface area contributed by atoms with E-state index in [1.165, 1.54) is 19.2 Å². The maximum Gasteiger partial charge on any atom is 0.337 e. The molecule has 6 heteroatoms. The molecule has 174 valence electrons. The predicted octanol–water partition coefficient (Wildman–Crippen LogP) is 5.15. The number of hydrogen-bond acceptors (Lipinski definition) is 4. The number of carbonyl (C=O) groups is 1. The molecular formula is C29H25NO4P+. The van der Waals surface area contributed by atoms with E-state index in [9.17, 15) is 14.9 Å². The zero-order valence-corrected chi connectivity index (χ0v) is 20.2. The number of benzene rings is 4. The molecule has 0 bridgehead atoms. The smallest absolute Gasteiger partial charge is 0.337 e. The number of methoxy groups -OCH3 is 1. The molecule has 0 atom stereocenters. The van der Waals surface area contributed by atoms with Gasteiger partial charge in [0.1, 0.15) is 29.3 Å². The molecule has 0 unspecified atom stereocenters. The molecule has 0 radical (unpaired) electrons. The van der Waals surface area contributed by atoms with Gasteiger partial charge in [-0.25, -0.2) is 4.79 Å². The number of ether oxygens (including phenoxy) is 1. The lowest BCUT2D eigenvalue weighted by molar-refractivity contribution is -0.384. The van der Waals surface area contributed by atoms with E-state index in [0.29, 0.717) is 17.3 Å². The zero-order valence-electron chi connectivity index (χ0n) is 19.3. The zero-order chi connectivity index (χ0) is 24.7. The van der Waals surface area contributed by atoms with Crippen LogP contribution in [0.15, 0.2) is 121 Å². The van der Waals surface area contributed by atoms with E-state index < -0.39 is 18.2 Å². The number of carbonyl (C=O) groups excluding carboxylic acids is 1. The lowest BCUT2D eigenvalue weighted by Crippen LogP contribution is -2.35. The van der Waals surface area contributed by atoms with Gasteiger partial charge in [0.05, 0.1) is 17.6 Å². The van der Waals surface area contributed by atoms with Crippen molar-refractivity contribution >= 4 is 40.9 Å². The number of nitrogens with zero attached hydrogens (tertiary/aromatic N) is 1. The Balaban J connectivity index is 1.94. The van der Waals surface area contributed by atoms with Crippen molar-refractivity contribution in [3.8, 4) is 0 Å². The summed E-state index contributed by atoms with van der Waals surface area (Å²) in [5.41, 5.74) is 1.20. The summed E-state index contributed by atoms with van der Waals surface area (Å²) in [6, 6.07) is 37.0. The predicted molar refractivity (Wildman–Crippen MR) is 143 cm³/mol. The maximum absolute atomic E-state index is 13.1. The second kappa shape index (κ2) is 10.9. The van der Waals surface area contributed by atoms with Crippen LogP contribution in [0, 0.1) is 10.1 Å². The third-order valence-corrected chi connectivity index (χ3v) is 10.2. The Hall–Kier alpha value is -4.08. The van der Waals surface area contributed by atoms with Gasteiger partial charge in [0, 0.05) is 12.1 Å². The molecule has 0 saturated heterocycles. The quantitative estimate of drug-likeness (QED) is 0.115. The molecule has 0 N–H and O–H groups in total. The van der Waals surface area contributed by atoms with E-state index in [1.54, 1.807) is 18.2 Å². The summed E-state index contributed by atoms with van der Waals surface area (Å²) in [6.07, 6.45) is 2.22. The summed E-state index contributed by atoms with van der Waals surface area (Å²) in [7, 11) is -0.941. The van der Waals surface area contributed by atoms with Crippen LogP contribution in [-0.2, 0) is 9.53 Å². The Kier molecular flexibility index (Phi) is 7.49. The van der Waals surface area contributed by atoms with E-state index in [0.717, 1.165) is 15.9 Å². The van der Waals surface area contributed by atoms with Crippen LogP contribution in [0.3, 0.4) is 0 Å². The van der Waals surface area contributed by atoms with Crippen molar-refractivity contribution in [1.29, 1.82) is 0 Å². The molecule has 0 aliphatic rings. The largest absolute Gasteiger partial charge is 0.466 e. The number of nitro groups is 1. The van der Waals surface area contributed by atoms with Gasteiger partial charge < -0.3 is 4.74 Å². The summed E-state index contributed by atoms with van der Waals surface area (Å²) in [6.45, 7) is 0. The van der Waals surface area contributed by atoms with E-state index in [1.807, 2.05) is 54.6 Å². The van der Waals surface area contributed by atoms with Crippen molar-refractivity contribution < 1.29 is 14.5 Å². The van der Waals surface area contributed by atoms with Crippen molar-refractivity contribution in [2.75, 3.05) is 13.3 Å². The highest BCUT2D eigenvalue weighted by Gasteiger charge is 2.47. The number of esters is 1. The molecule has 0 aliphatic carbocycles. The molecular weight excluding hydrogens is 457 g/mol. The van der Waals surface area contributed by atoms with E-state index in [2.05, 4.69) is 36.4 Å². The fourth-order valence-corrected chi connectivity index (χ4v) is 8.43. The average molecular weight is 482 g/mol. The van der Waals surface area contributed by atoms with Crippen molar-refractivity contribution in [3.63, 3.8) is 0 Å². The average Bonchev–Trinajstić information content (AvgIpc) is 2.92. The highest BCUT2D eigenvalue weighted by molar-refractivity contribution is 7.95. The van der Waals surface area contributed by atoms with Gasteiger partial charge in [-0.1, -0.05) is 54.6 Å². The van der Waals surface area contributed by atoms with Gasteiger partial charge in [-0.3, -0.25) is 10.1 Å². The van der Waals surface area contributed by atoms with Gasteiger partial charge in [0.2, 0.25) is 0 Å². The molecule has 0 fully saturated rings. The van der Waals surface area contributed by atoms with Gasteiger partial charge in [-0.2, -0.15) is 0 Å². The van der Waals surface area contributed by atoms with Crippen molar-refractivity contribution in [3.05, 3.63) is 137 Å². The Bertz CT molecular complexity index is 1230. The molecule has 0 aromatic heterocycles. The molecule has 5 nitrogen and oxygen atoms in total.